The van der Waals surface area contributed by atoms with Crippen molar-refractivity contribution in [2.24, 2.45) is 0 Å². The zero-order valence-electron chi connectivity index (χ0n) is 9.13. The van der Waals surface area contributed by atoms with Crippen molar-refractivity contribution in [3.8, 4) is 0 Å². The van der Waals surface area contributed by atoms with E-state index in [4.69, 9.17) is 4.74 Å². The molecule has 0 radical (unpaired) electrons. The minimum atomic E-state index is -0.106. The maximum absolute atomic E-state index is 11.0. The number of hydrogen-bond acceptors (Lipinski definition) is 2. The molecule has 1 N–H and O–H groups in total. The highest BCUT2D eigenvalue weighted by molar-refractivity contribution is 5.86. The van der Waals surface area contributed by atoms with Gasteiger partial charge in [0, 0.05) is 6.54 Å². The second kappa shape index (κ2) is 4.35. The number of rotatable bonds is 3. The van der Waals surface area contributed by atoms with E-state index in [1.54, 1.807) is 0 Å². The van der Waals surface area contributed by atoms with Crippen molar-refractivity contribution in [1.82, 2.24) is 5.32 Å². The van der Waals surface area contributed by atoms with E-state index in [1.165, 1.54) is 38.2 Å². The van der Waals surface area contributed by atoms with E-state index in [2.05, 4.69) is 11.9 Å². The number of nitrogens with one attached hydrogen (secondary N) is 1. The van der Waals surface area contributed by atoms with Gasteiger partial charge < -0.3 is 10.1 Å². The first kappa shape index (κ1) is 10.7. The Morgan fingerprint density at radius 2 is 2.20 bits per heavy atom. The normalized spacial score (nSPS) is 28.1. The van der Waals surface area contributed by atoms with Gasteiger partial charge in [-0.3, -0.25) is 4.79 Å². The van der Waals surface area contributed by atoms with E-state index >= 15 is 0 Å². The van der Waals surface area contributed by atoms with Gasteiger partial charge in [0.2, 0.25) is 5.91 Å². The second-order valence-corrected chi connectivity index (χ2v) is 4.62. The summed E-state index contributed by atoms with van der Waals surface area (Å²) in [5, 5.41) is 2.80. The molecule has 2 aliphatic rings. The predicted molar refractivity (Wildman–Crippen MR) is 58.5 cm³/mol. The first-order chi connectivity index (χ1) is 7.24. The Morgan fingerprint density at radius 1 is 1.47 bits per heavy atom. The van der Waals surface area contributed by atoms with Gasteiger partial charge in [0.25, 0.3) is 0 Å². The fourth-order valence-corrected chi connectivity index (χ4v) is 2.71. The molecule has 2 fully saturated rings. The van der Waals surface area contributed by atoms with Crippen LogP contribution < -0.4 is 5.32 Å². The van der Waals surface area contributed by atoms with Crippen molar-refractivity contribution in [3.63, 3.8) is 0 Å². The van der Waals surface area contributed by atoms with Crippen LogP contribution in [-0.4, -0.2) is 24.2 Å². The topological polar surface area (TPSA) is 38.3 Å². The molecule has 0 bridgehead atoms. The zero-order chi connectivity index (χ0) is 10.7. The van der Waals surface area contributed by atoms with Crippen LogP contribution in [0, 0.1) is 0 Å². The molecule has 84 valence electrons. The van der Waals surface area contributed by atoms with Gasteiger partial charge in [-0.25, -0.2) is 0 Å². The molecular formula is C12H19NO2. The van der Waals surface area contributed by atoms with Crippen molar-refractivity contribution in [1.29, 1.82) is 0 Å². The summed E-state index contributed by atoms with van der Waals surface area (Å²) in [5.41, 5.74) is 0.170. The predicted octanol–water partition coefficient (Wildman–Crippen LogP) is 1.78. The maximum Gasteiger partial charge on any atom is 0.243 e. The SMILES string of the molecule is C=CC(=O)NCC1CCC2(CCCC2)O1. The van der Waals surface area contributed by atoms with Crippen LogP contribution in [0.25, 0.3) is 0 Å². The Balaban J connectivity index is 1.77. The van der Waals surface area contributed by atoms with Gasteiger partial charge in [-0.1, -0.05) is 19.4 Å². The van der Waals surface area contributed by atoms with Crippen LogP contribution in [0.1, 0.15) is 38.5 Å². The molecule has 1 unspecified atom stereocenters. The fraction of sp³-hybridized carbons (Fsp3) is 0.750. The Morgan fingerprint density at radius 3 is 2.87 bits per heavy atom. The van der Waals surface area contributed by atoms with Crippen LogP contribution >= 0.6 is 0 Å². The van der Waals surface area contributed by atoms with Crippen LogP contribution in [0.4, 0.5) is 0 Å². The number of carbonyl (C=O) groups excluding carboxylic acids is 1. The van der Waals surface area contributed by atoms with Crippen molar-refractivity contribution in [3.05, 3.63) is 12.7 Å². The molecule has 1 heterocycles. The van der Waals surface area contributed by atoms with E-state index in [-0.39, 0.29) is 17.6 Å². The first-order valence-electron chi connectivity index (χ1n) is 5.82. The molecule has 3 heteroatoms. The molecular weight excluding hydrogens is 190 g/mol. The smallest absolute Gasteiger partial charge is 0.243 e. The number of carbonyl (C=O) groups is 1. The lowest BCUT2D eigenvalue weighted by molar-refractivity contribution is -0.117. The molecule has 3 nitrogen and oxygen atoms in total. The highest BCUT2D eigenvalue weighted by Crippen LogP contribution is 2.42. The minimum absolute atomic E-state index is 0.106. The fourth-order valence-electron chi connectivity index (χ4n) is 2.71. The van der Waals surface area contributed by atoms with E-state index in [1.807, 2.05) is 0 Å². The summed E-state index contributed by atoms with van der Waals surface area (Å²) < 4.78 is 6.06. The van der Waals surface area contributed by atoms with Crippen molar-refractivity contribution in [2.45, 2.75) is 50.2 Å². The molecule has 0 aromatic rings. The molecule has 0 aromatic heterocycles. The van der Waals surface area contributed by atoms with Crippen LogP contribution in [0.3, 0.4) is 0 Å². The lowest BCUT2D eigenvalue weighted by Gasteiger charge is -2.23. The van der Waals surface area contributed by atoms with E-state index in [9.17, 15) is 4.79 Å². The Kier molecular flexibility index (Phi) is 3.10. The number of hydrogen-bond donors (Lipinski definition) is 1. The Labute approximate surface area is 90.9 Å². The molecule has 1 aliphatic carbocycles. The Hall–Kier alpha value is -0.830. The quantitative estimate of drug-likeness (QED) is 0.719. The summed E-state index contributed by atoms with van der Waals surface area (Å²) in [5.74, 6) is -0.106. The molecule has 1 amide bonds. The van der Waals surface area contributed by atoms with Crippen LogP contribution in [-0.2, 0) is 9.53 Å². The van der Waals surface area contributed by atoms with Crippen LogP contribution in [0.15, 0.2) is 12.7 Å². The molecule has 1 saturated carbocycles. The van der Waals surface area contributed by atoms with Gasteiger partial charge in [0.05, 0.1) is 11.7 Å². The Bertz CT molecular complexity index is 256. The van der Waals surface area contributed by atoms with Gasteiger partial charge in [-0.05, 0) is 31.8 Å². The first-order valence-corrected chi connectivity index (χ1v) is 5.82. The van der Waals surface area contributed by atoms with Gasteiger partial charge in [-0.2, -0.15) is 0 Å². The third kappa shape index (κ3) is 2.40. The number of amides is 1. The molecule has 1 atom stereocenters. The van der Waals surface area contributed by atoms with E-state index in [0.717, 1.165) is 6.42 Å². The minimum Gasteiger partial charge on any atom is -0.370 e. The molecule has 15 heavy (non-hydrogen) atoms. The summed E-state index contributed by atoms with van der Waals surface area (Å²) >= 11 is 0. The van der Waals surface area contributed by atoms with E-state index in [0.29, 0.717) is 6.54 Å². The summed E-state index contributed by atoms with van der Waals surface area (Å²) in [6.07, 6.45) is 8.78. The number of ether oxygens (including phenoxy) is 1. The second-order valence-electron chi connectivity index (χ2n) is 4.62. The lowest BCUT2D eigenvalue weighted by Crippen LogP contribution is -2.33. The molecule has 1 spiro atoms. The highest BCUT2D eigenvalue weighted by atomic mass is 16.5. The van der Waals surface area contributed by atoms with Gasteiger partial charge in [-0.15, -0.1) is 0 Å². The zero-order valence-corrected chi connectivity index (χ0v) is 9.13. The molecule has 1 aliphatic heterocycles. The standard InChI is InChI=1S/C12H19NO2/c1-2-11(14)13-9-10-5-8-12(15-10)6-3-4-7-12/h2,10H,1,3-9H2,(H,13,14). The van der Waals surface area contributed by atoms with Crippen molar-refractivity contribution >= 4 is 5.91 Å². The third-order valence-corrected chi connectivity index (χ3v) is 3.54. The van der Waals surface area contributed by atoms with Crippen LogP contribution in [0.2, 0.25) is 0 Å². The maximum atomic E-state index is 11.0. The largest absolute Gasteiger partial charge is 0.370 e. The molecule has 0 aromatic carbocycles. The average Bonchev–Trinajstić information content (AvgIpc) is 2.86. The van der Waals surface area contributed by atoms with Crippen LogP contribution in [0.5, 0.6) is 0 Å². The lowest BCUT2D eigenvalue weighted by atomic mass is 9.98. The molecule has 1 saturated heterocycles. The van der Waals surface area contributed by atoms with Gasteiger partial charge in [0.1, 0.15) is 0 Å². The van der Waals surface area contributed by atoms with Crippen molar-refractivity contribution < 1.29 is 9.53 Å². The summed E-state index contributed by atoms with van der Waals surface area (Å²) in [7, 11) is 0. The highest BCUT2D eigenvalue weighted by Gasteiger charge is 2.41. The van der Waals surface area contributed by atoms with Gasteiger partial charge in [0.15, 0.2) is 0 Å². The summed E-state index contributed by atoms with van der Waals surface area (Å²) in [6.45, 7) is 4.06. The summed E-state index contributed by atoms with van der Waals surface area (Å²) in [6, 6.07) is 0. The van der Waals surface area contributed by atoms with Gasteiger partial charge >= 0.3 is 0 Å². The monoisotopic (exact) mass is 209 g/mol. The van der Waals surface area contributed by atoms with E-state index < -0.39 is 0 Å². The molecule has 2 rings (SSSR count). The van der Waals surface area contributed by atoms with Crippen molar-refractivity contribution in [2.75, 3.05) is 6.54 Å². The summed E-state index contributed by atoms with van der Waals surface area (Å²) in [4.78, 5) is 11.0. The third-order valence-electron chi connectivity index (χ3n) is 3.54. The average molecular weight is 209 g/mol.